The van der Waals surface area contributed by atoms with E-state index in [0.717, 1.165) is 22.0 Å². The highest BCUT2D eigenvalue weighted by molar-refractivity contribution is 5.97. The molecule has 0 fully saturated rings. The molecule has 3 aromatic carbocycles. The van der Waals surface area contributed by atoms with Crippen LogP contribution in [-0.2, 0) is 11.2 Å². The maximum atomic E-state index is 13.3. The highest BCUT2D eigenvalue weighted by Gasteiger charge is 2.19. The second-order valence-corrected chi connectivity index (χ2v) is 6.16. The summed E-state index contributed by atoms with van der Waals surface area (Å²) in [5.74, 6) is -0.465. The first-order valence-corrected chi connectivity index (χ1v) is 8.05. The van der Waals surface area contributed by atoms with Crippen molar-refractivity contribution in [2.24, 2.45) is 5.92 Å². The van der Waals surface area contributed by atoms with E-state index in [2.05, 4.69) is 0 Å². The standard InChI is InChI=1S/C21H20FNO/c1-15(12-16-6-5-9-19(22)13-16)21(24)23(2)20-11-10-17-7-3-4-8-18(17)14-20/h3-11,13-15H,12H2,1-2H3/t15-/m1/s1. The summed E-state index contributed by atoms with van der Waals surface area (Å²) in [6, 6.07) is 20.5. The van der Waals surface area contributed by atoms with Gasteiger partial charge in [0.1, 0.15) is 5.82 Å². The van der Waals surface area contributed by atoms with Gasteiger partial charge in [0, 0.05) is 18.7 Å². The highest BCUT2D eigenvalue weighted by atomic mass is 19.1. The molecule has 0 aliphatic rings. The average molecular weight is 321 g/mol. The Hall–Kier alpha value is -2.68. The molecule has 1 amide bonds. The topological polar surface area (TPSA) is 20.3 Å². The van der Waals surface area contributed by atoms with Crippen molar-refractivity contribution in [1.82, 2.24) is 0 Å². The molecule has 0 radical (unpaired) electrons. The molecule has 0 spiro atoms. The van der Waals surface area contributed by atoms with Crippen molar-refractivity contribution >= 4 is 22.4 Å². The average Bonchev–Trinajstić information content (AvgIpc) is 2.60. The summed E-state index contributed by atoms with van der Waals surface area (Å²) in [5.41, 5.74) is 1.70. The molecule has 1 atom stereocenters. The third-order valence-corrected chi connectivity index (χ3v) is 4.30. The van der Waals surface area contributed by atoms with Gasteiger partial charge in [-0.2, -0.15) is 0 Å². The molecule has 2 nitrogen and oxygen atoms in total. The Kier molecular flexibility index (Phi) is 4.61. The predicted molar refractivity (Wildman–Crippen MR) is 96.6 cm³/mol. The van der Waals surface area contributed by atoms with E-state index in [4.69, 9.17) is 0 Å². The molecule has 3 rings (SSSR count). The molecule has 0 N–H and O–H groups in total. The van der Waals surface area contributed by atoms with Gasteiger partial charge in [-0.15, -0.1) is 0 Å². The zero-order valence-electron chi connectivity index (χ0n) is 13.9. The molecule has 0 bridgehead atoms. The van der Waals surface area contributed by atoms with Crippen LogP contribution in [0.4, 0.5) is 10.1 Å². The van der Waals surface area contributed by atoms with Crippen LogP contribution in [-0.4, -0.2) is 13.0 Å². The third kappa shape index (κ3) is 3.46. The Morgan fingerprint density at radius 1 is 1.00 bits per heavy atom. The lowest BCUT2D eigenvalue weighted by molar-refractivity contribution is -0.121. The van der Waals surface area contributed by atoms with Gasteiger partial charge in [0.05, 0.1) is 0 Å². The summed E-state index contributed by atoms with van der Waals surface area (Å²) in [4.78, 5) is 14.4. The van der Waals surface area contributed by atoms with Gasteiger partial charge in [0.25, 0.3) is 0 Å². The Labute approximate surface area is 141 Å². The van der Waals surface area contributed by atoms with Gasteiger partial charge in [-0.1, -0.05) is 49.4 Å². The number of rotatable bonds is 4. The van der Waals surface area contributed by atoms with Gasteiger partial charge < -0.3 is 4.90 Å². The Morgan fingerprint density at radius 2 is 1.75 bits per heavy atom. The summed E-state index contributed by atoms with van der Waals surface area (Å²) >= 11 is 0. The second kappa shape index (κ2) is 6.83. The zero-order chi connectivity index (χ0) is 17.1. The summed E-state index contributed by atoms with van der Waals surface area (Å²) in [7, 11) is 1.79. The van der Waals surface area contributed by atoms with Crippen LogP contribution in [0, 0.1) is 11.7 Å². The van der Waals surface area contributed by atoms with Crippen molar-refractivity contribution in [3.05, 3.63) is 78.1 Å². The molecule has 0 saturated carbocycles. The summed E-state index contributed by atoms with van der Waals surface area (Å²) in [6.45, 7) is 1.88. The number of amides is 1. The number of carbonyl (C=O) groups excluding carboxylic acids is 1. The van der Waals surface area contributed by atoms with Gasteiger partial charge in [0.2, 0.25) is 5.91 Å². The summed E-state index contributed by atoms with van der Waals surface area (Å²) in [5, 5.41) is 2.25. The highest BCUT2D eigenvalue weighted by Crippen LogP contribution is 2.23. The fraction of sp³-hybridized carbons (Fsp3) is 0.190. The van der Waals surface area contributed by atoms with E-state index in [1.807, 2.05) is 55.5 Å². The molecule has 0 aromatic heterocycles. The first-order valence-electron chi connectivity index (χ1n) is 8.05. The minimum Gasteiger partial charge on any atom is -0.315 e. The fourth-order valence-electron chi connectivity index (χ4n) is 2.95. The van der Waals surface area contributed by atoms with Crippen LogP contribution in [0.1, 0.15) is 12.5 Å². The molecular formula is C21H20FNO. The van der Waals surface area contributed by atoms with Crippen molar-refractivity contribution < 1.29 is 9.18 Å². The smallest absolute Gasteiger partial charge is 0.229 e. The molecule has 3 aromatic rings. The zero-order valence-corrected chi connectivity index (χ0v) is 13.9. The lowest BCUT2D eigenvalue weighted by Gasteiger charge is -2.22. The van der Waals surface area contributed by atoms with E-state index in [9.17, 15) is 9.18 Å². The molecule has 122 valence electrons. The number of hydrogen-bond donors (Lipinski definition) is 0. The van der Waals surface area contributed by atoms with Gasteiger partial charge in [-0.25, -0.2) is 4.39 Å². The largest absolute Gasteiger partial charge is 0.315 e. The molecule has 3 heteroatoms. The summed E-state index contributed by atoms with van der Waals surface area (Å²) in [6.07, 6.45) is 0.522. The van der Waals surface area contributed by atoms with E-state index >= 15 is 0 Å². The quantitative estimate of drug-likeness (QED) is 0.674. The van der Waals surface area contributed by atoms with E-state index in [1.165, 1.54) is 12.1 Å². The lowest BCUT2D eigenvalue weighted by Crippen LogP contribution is -2.32. The van der Waals surface area contributed by atoms with Crippen molar-refractivity contribution in [3.63, 3.8) is 0 Å². The van der Waals surface area contributed by atoms with Gasteiger partial charge in [-0.05, 0) is 47.0 Å². The Morgan fingerprint density at radius 3 is 2.50 bits per heavy atom. The first-order chi connectivity index (χ1) is 11.5. The van der Waals surface area contributed by atoms with Crippen molar-refractivity contribution in [2.75, 3.05) is 11.9 Å². The van der Waals surface area contributed by atoms with Crippen molar-refractivity contribution in [3.8, 4) is 0 Å². The number of carbonyl (C=O) groups is 1. The fourth-order valence-corrected chi connectivity index (χ4v) is 2.95. The van der Waals surface area contributed by atoms with Crippen LogP contribution in [0.3, 0.4) is 0 Å². The van der Waals surface area contributed by atoms with Crippen LogP contribution in [0.5, 0.6) is 0 Å². The van der Waals surface area contributed by atoms with Crippen LogP contribution < -0.4 is 4.90 Å². The van der Waals surface area contributed by atoms with E-state index in [1.54, 1.807) is 18.0 Å². The molecule has 0 saturated heterocycles. The second-order valence-electron chi connectivity index (χ2n) is 6.16. The van der Waals surface area contributed by atoms with Crippen LogP contribution in [0.2, 0.25) is 0 Å². The first kappa shape index (κ1) is 16.2. The number of benzene rings is 3. The SMILES string of the molecule is C[C@H](Cc1cccc(F)c1)C(=O)N(C)c1ccc2ccccc2c1. The number of fused-ring (bicyclic) bond motifs is 1. The molecule has 0 aliphatic carbocycles. The number of anilines is 1. The predicted octanol–water partition coefficient (Wildman–Crippen LogP) is 4.82. The van der Waals surface area contributed by atoms with Crippen LogP contribution >= 0.6 is 0 Å². The summed E-state index contributed by atoms with van der Waals surface area (Å²) < 4.78 is 13.3. The van der Waals surface area contributed by atoms with Gasteiger partial charge in [0.15, 0.2) is 0 Å². The normalized spacial score (nSPS) is 12.1. The van der Waals surface area contributed by atoms with Crippen molar-refractivity contribution in [1.29, 1.82) is 0 Å². The number of hydrogen-bond acceptors (Lipinski definition) is 1. The monoisotopic (exact) mass is 321 g/mol. The maximum absolute atomic E-state index is 13.3. The Bertz CT molecular complexity index is 874. The molecule has 0 heterocycles. The van der Waals surface area contributed by atoms with Crippen LogP contribution in [0.25, 0.3) is 10.8 Å². The maximum Gasteiger partial charge on any atom is 0.229 e. The van der Waals surface area contributed by atoms with E-state index in [0.29, 0.717) is 6.42 Å². The minimum atomic E-state index is -0.268. The number of halogens is 1. The molecular weight excluding hydrogens is 301 g/mol. The van der Waals surface area contributed by atoms with E-state index < -0.39 is 0 Å². The number of nitrogens with zero attached hydrogens (tertiary/aromatic N) is 1. The Balaban J connectivity index is 1.77. The lowest BCUT2D eigenvalue weighted by atomic mass is 9.99. The molecule has 0 unspecified atom stereocenters. The third-order valence-electron chi connectivity index (χ3n) is 4.30. The van der Waals surface area contributed by atoms with Gasteiger partial charge >= 0.3 is 0 Å². The minimum absolute atomic E-state index is 0.0227. The van der Waals surface area contributed by atoms with Gasteiger partial charge in [-0.3, -0.25) is 4.79 Å². The van der Waals surface area contributed by atoms with Crippen molar-refractivity contribution in [2.45, 2.75) is 13.3 Å². The molecule has 0 aliphatic heterocycles. The molecule has 24 heavy (non-hydrogen) atoms. The van der Waals surface area contributed by atoms with E-state index in [-0.39, 0.29) is 17.6 Å². The van der Waals surface area contributed by atoms with Crippen LogP contribution in [0.15, 0.2) is 66.7 Å².